The first-order valence-electron chi connectivity index (χ1n) is 10.9. The molecule has 0 spiro atoms. The average molecular weight is 477 g/mol. The Morgan fingerprint density at radius 1 is 0.667 bits per heavy atom. The van der Waals surface area contributed by atoms with Crippen molar-refractivity contribution in [2.45, 2.75) is 76.3 Å². The molecule has 0 saturated heterocycles. The first-order valence-corrected chi connectivity index (χ1v) is 10.9. The molecule has 1 atom stereocenters. The van der Waals surface area contributed by atoms with E-state index in [9.17, 15) is 0 Å². The molecule has 2 aromatic rings. The van der Waals surface area contributed by atoms with Crippen LogP contribution in [0.15, 0.2) is 60.7 Å². The van der Waals surface area contributed by atoms with Crippen LogP contribution >= 0.6 is 0 Å². The Labute approximate surface area is 210 Å². The summed E-state index contributed by atoms with van der Waals surface area (Å²) in [7, 11) is 0. The molecule has 2 aliphatic carbocycles. The molecule has 4 heteroatoms. The third-order valence-corrected chi connectivity index (χ3v) is 6.33. The van der Waals surface area contributed by atoms with E-state index in [0.717, 1.165) is 6.42 Å². The van der Waals surface area contributed by atoms with Crippen molar-refractivity contribution in [1.82, 2.24) is 0 Å². The summed E-state index contributed by atoms with van der Waals surface area (Å²) in [4.78, 5) is 0. The first kappa shape index (κ1) is 27.5. The van der Waals surface area contributed by atoms with Crippen molar-refractivity contribution in [3.63, 3.8) is 0 Å². The van der Waals surface area contributed by atoms with Gasteiger partial charge in [0.2, 0.25) is 0 Å². The Bertz CT molecular complexity index is 747. The monoisotopic (exact) mass is 476 g/mol. The molecule has 1 radical (unpaired) electrons. The summed E-state index contributed by atoms with van der Waals surface area (Å²) in [5, 5.41) is 5.43. The third kappa shape index (κ3) is 6.47. The first-order chi connectivity index (χ1) is 13.3. The summed E-state index contributed by atoms with van der Waals surface area (Å²) in [5.74, 6) is 0. The smallest absolute Gasteiger partial charge is 1.00 e. The van der Waals surface area contributed by atoms with Crippen molar-refractivity contribution in [1.29, 1.82) is 0 Å². The van der Waals surface area contributed by atoms with E-state index in [0.29, 0.717) is 6.04 Å². The minimum atomic E-state index is 0. The average Bonchev–Trinajstić information content (AvgIpc) is 3.01. The van der Waals surface area contributed by atoms with Gasteiger partial charge < -0.3 is 30.1 Å². The van der Waals surface area contributed by atoms with Gasteiger partial charge in [0, 0.05) is 0 Å². The summed E-state index contributed by atoms with van der Waals surface area (Å²) in [5.41, 5.74) is 6.83. The number of rotatable bonds is 2. The van der Waals surface area contributed by atoms with Gasteiger partial charge in [-0.2, -0.15) is 0 Å². The summed E-state index contributed by atoms with van der Waals surface area (Å²) < 4.78 is 0. The van der Waals surface area contributed by atoms with Gasteiger partial charge in [-0.05, 0) is 24.0 Å². The van der Waals surface area contributed by atoms with Crippen LogP contribution in [0.1, 0.15) is 81.4 Å². The van der Waals surface area contributed by atoms with Gasteiger partial charge >= 0.3 is 21.7 Å². The molecule has 0 aliphatic heterocycles. The van der Waals surface area contributed by atoms with Gasteiger partial charge in [-0.3, -0.25) is 0 Å². The number of halogens is 2. The summed E-state index contributed by atoms with van der Waals surface area (Å²) in [6.07, 6.45) is 13.2. The van der Waals surface area contributed by atoms with Crippen LogP contribution in [0.2, 0.25) is 0 Å². The van der Waals surface area contributed by atoms with Gasteiger partial charge in [0.15, 0.2) is 0 Å². The Hall–Kier alpha value is -0.566. The fourth-order valence-electron chi connectivity index (χ4n) is 4.77. The van der Waals surface area contributed by atoms with Crippen LogP contribution < -0.4 is 24.8 Å². The maximum atomic E-state index is 5.43. The van der Waals surface area contributed by atoms with Crippen molar-refractivity contribution < 1.29 is 46.5 Å². The predicted molar refractivity (Wildman–Crippen MR) is 116 cm³/mol. The van der Waals surface area contributed by atoms with E-state index in [2.05, 4.69) is 55.1 Å². The molecule has 1 saturated carbocycles. The molecule has 0 bridgehead atoms. The molecule has 30 heavy (non-hydrogen) atoms. The van der Waals surface area contributed by atoms with Crippen molar-refractivity contribution in [3.05, 3.63) is 77.1 Å². The van der Waals surface area contributed by atoms with Gasteiger partial charge in [0.1, 0.15) is 0 Å². The van der Waals surface area contributed by atoms with E-state index >= 15 is 0 Å². The Balaban J connectivity index is 0.00000150. The molecule has 0 heterocycles. The molecular formula is C26H32Cl2NTi. The van der Waals surface area contributed by atoms with Crippen LogP contribution in [-0.2, 0) is 21.7 Å². The Morgan fingerprint density at radius 3 is 1.70 bits per heavy atom. The van der Waals surface area contributed by atoms with Crippen LogP contribution in [-0.4, -0.2) is 6.04 Å². The molecule has 0 amide bonds. The molecule has 2 aromatic carbocycles. The van der Waals surface area contributed by atoms with E-state index in [1.54, 1.807) is 0 Å². The van der Waals surface area contributed by atoms with Crippen LogP contribution in [0, 0.1) is 0 Å². The molecule has 1 fully saturated rings. The predicted octanol–water partition coefficient (Wildman–Crippen LogP) is 1.98. The van der Waals surface area contributed by atoms with Gasteiger partial charge in [-0.15, -0.1) is 12.6 Å². The normalized spacial score (nSPS) is 19.6. The van der Waals surface area contributed by atoms with Crippen molar-refractivity contribution >= 4 is 0 Å². The Morgan fingerprint density at radius 2 is 1.13 bits per heavy atom. The number of benzene rings is 2. The number of hydrogen-bond donors (Lipinski definition) is 0. The van der Waals surface area contributed by atoms with Gasteiger partial charge in [0.25, 0.3) is 0 Å². The topological polar surface area (TPSA) is 14.1 Å². The van der Waals surface area contributed by atoms with E-state index in [-0.39, 0.29) is 52.6 Å². The molecule has 159 valence electrons. The summed E-state index contributed by atoms with van der Waals surface area (Å²) in [6.45, 7) is 4.48. The van der Waals surface area contributed by atoms with E-state index in [1.807, 2.05) is 0 Å². The number of fused-ring (bicyclic) bond motifs is 3. The maximum Gasteiger partial charge on any atom is 3.00 e. The zero-order valence-corrected chi connectivity index (χ0v) is 20.8. The minimum Gasteiger partial charge on any atom is -1.00 e. The zero-order valence-electron chi connectivity index (χ0n) is 17.8. The molecule has 2 aliphatic rings. The molecular weight excluding hydrogens is 445 g/mol. The van der Waals surface area contributed by atoms with Crippen molar-refractivity contribution in [3.8, 4) is 11.1 Å². The van der Waals surface area contributed by atoms with Crippen LogP contribution in [0.4, 0.5) is 0 Å². The van der Waals surface area contributed by atoms with E-state index in [1.165, 1.54) is 85.6 Å². The number of hydrogen-bond acceptors (Lipinski definition) is 0. The van der Waals surface area contributed by atoms with Crippen LogP contribution in [0.25, 0.3) is 16.4 Å². The van der Waals surface area contributed by atoms with Crippen molar-refractivity contribution in [2.24, 2.45) is 0 Å². The molecule has 0 aromatic heterocycles. The van der Waals surface area contributed by atoms with E-state index in [4.69, 9.17) is 5.32 Å². The zero-order chi connectivity index (χ0) is 18.5. The molecule has 1 unspecified atom stereocenters. The second kappa shape index (κ2) is 13.8. The van der Waals surface area contributed by atoms with Gasteiger partial charge in [-0.1, -0.05) is 123 Å². The quantitative estimate of drug-likeness (QED) is 0.464. The van der Waals surface area contributed by atoms with Crippen LogP contribution in [0.3, 0.4) is 0 Å². The van der Waals surface area contributed by atoms with Gasteiger partial charge in [0.05, 0.1) is 0 Å². The molecule has 4 rings (SSSR count). The standard InChI is InChI=1S/C26H32N.2ClH.Ti/c1-20-14-8-6-4-2-3-5-7-9-19-25(20)27-26-23-17-12-10-15-21(23)22-16-11-13-18-24(22)26;;;/h10-13,15-18,25-26H,1-9,14,19H2;2*1H;/q-1;;;+3/p-2. The fraction of sp³-hybridized carbons (Fsp3) is 0.462. The van der Waals surface area contributed by atoms with Gasteiger partial charge in [-0.25, -0.2) is 0 Å². The summed E-state index contributed by atoms with van der Waals surface area (Å²) in [6, 6.07) is 18.1. The van der Waals surface area contributed by atoms with Crippen molar-refractivity contribution in [2.75, 3.05) is 0 Å². The number of nitrogens with zero attached hydrogens (tertiary/aromatic N) is 1. The largest absolute Gasteiger partial charge is 3.00 e. The SMILES string of the molecule is C=C1CCCCCCCCCCC1[N-]C1c2ccccc2-c2ccccc21.[Cl-].[Cl-].[Ti+3]. The fourth-order valence-corrected chi connectivity index (χ4v) is 4.77. The second-order valence-corrected chi connectivity index (χ2v) is 8.27. The Kier molecular flexibility index (Phi) is 12.6. The maximum absolute atomic E-state index is 5.43. The molecule has 0 N–H and O–H groups in total. The minimum absolute atomic E-state index is 0. The summed E-state index contributed by atoms with van der Waals surface area (Å²) >= 11 is 0. The van der Waals surface area contributed by atoms with E-state index < -0.39 is 0 Å². The third-order valence-electron chi connectivity index (χ3n) is 6.33. The second-order valence-electron chi connectivity index (χ2n) is 8.27. The van der Waals surface area contributed by atoms with Crippen LogP contribution in [0.5, 0.6) is 0 Å². The molecule has 1 nitrogen and oxygen atoms in total.